The van der Waals surface area contributed by atoms with Crippen LogP contribution in [0.15, 0.2) is 17.0 Å². The molecule has 0 unspecified atom stereocenters. The monoisotopic (exact) mass is 351 g/mol. The number of hydrogen-bond acceptors (Lipinski definition) is 6. The van der Waals surface area contributed by atoms with Gasteiger partial charge in [-0.1, -0.05) is 11.6 Å². The maximum Gasteiger partial charge on any atom is 0.337 e. The lowest BCUT2D eigenvalue weighted by Gasteiger charge is -2.07. The summed E-state index contributed by atoms with van der Waals surface area (Å²) in [5, 5.41) is 8.21. The number of nitrogens with one attached hydrogen (secondary N) is 1. The highest BCUT2D eigenvalue weighted by Gasteiger charge is 2.23. The van der Waals surface area contributed by atoms with Gasteiger partial charge in [0.15, 0.2) is 0 Å². The molecule has 2 rings (SSSR count). The zero-order valence-electron chi connectivity index (χ0n) is 10.3. The van der Waals surface area contributed by atoms with Gasteiger partial charge in [-0.2, -0.15) is 4.37 Å². The van der Waals surface area contributed by atoms with Crippen molar-refractivity contribution in [3.05, 3.63) is 34.4 Å². The Bertz CT molecular complexity index is 822. The minimum atomic E-state index is -4.20. The first-order valence-electron chi connectivity index (χ1n) is 5.26. The summed E-state index contributed by atoms with van der Waals surface area (Å²) in [6.07, 6.45) is 0. The van der Waals surface area contributed by atoms with Gasteiger partial charge in [-0.15, -0.1) is 0 Å². The normalized spacial score (nSPS) is 11.4. The van der Waals surface area contributed by atoms with Gasteiger partial charge < -0.3 is 5.11 Å². The van der Waals surface area contributed by atoms with Crippen molar-refractivity contribution in [1.82, 2.24) is 9.36 Å². The minimum Gasteiger partial charge on any atom is -0.478 e. The van der Waals surface area contributed by atoms with Crippen molar-refractivity contribution in [3.63, 3.8) is 0 Å². The van der Waals surface area contributed by atoms with Crippen LogP contribution in [0.4, 0.5) is 9.52 Å². The van der Waals surface area contributed by atoms with Crippen LogP contribution in [0.3, 0.4) is 0 Å². The lowest BCUT2D eigenvalue weighted by molar-refractivity contribution is 0.0696. The van der Waals surface area contributed by atoms with E-state index in [1.807, 2.05) is 0 Å². The molecule has 0 aliphatic carbocycles. The highest BCUT2D eigenvalue weighted by atomic mass is 35.5. The molecule has 0 amide bonds. The number of benzene rings is 1. The first kappa shape index (κ1) is 15.6. The van der Waals surface area contributed by atoms with Crippen LogP contribution < -0.4 is 4.72 Å². The molecule has 0 saturated carbocycles. The number of nitrogens with zero attached hydrogens (tertiary/aromatic N) is 2. The Balaban J connectivity index is 2.47. The van der Waals surface area contributed by atoms with Gasteiger partial charge in [0.05, 0.1) is 15.5 Å². The summed E-state index contributed by atoms with van der Waals surface area (Å²) >= 11 is 6.28. The van der Waals surface area contributed by atoms with Crippen molar-refractivity contribution < 1.29 is 22.7 Å². The molecular weight excluding hydrogens is 345 g/mol. The Morgan fingerprint density at radius 3 is 2.67 bits per heavy atom. The van der Waals surface area contributed by atoms with Crippen molar-refractivity contribution in [1.29, 1.82) is 0 Å². The average Bonchev–Trinajstić information content (AvgIpc) is 2.76. The van der Waals surface area contributed by atoms with E-state index in [0.717, 1.165) is 17.6 Å². The number of halogens is 2. The molecule has 0 bridgehead atoms. The highest BCUT2D eigenvalue weighted by molar-refractivity contribution is 7.93. The van der Waals surface area contributed by atoms with Gasteiger partial charge in [0.25, 0.3) is 10.0 Å². The summed E-state index contributed by atoms with van der Waals surface area (Å²) in [4.78, 5) is 14.2. The summed E-state index contributed by atoms with van der Waals surface area (Å²) < 4.78 is 43.6. The predicted octanol–water partition coefficient (Wildman–Crippen LogP) is 2.14. The topological polar surface area (TPSA) is 109 Å². The molecule has 7 nitrogen and oxygen atoms in total. The number of aryl methyl sites for hydroxylation is 1. The zero-order valence-corrected chi connectivity index (χ0v) is 12.7. The fourth-order valence-corrected chi connectivity index (χ4v) is 3.41. The first-order valence-corrected chi connectivity index (χ1v) is 7.89. The van der Waals surface area contributed by atoms with Crippen LogP contribution >= 0.6 is 23.1 Å². The molecular formula is C10H7ClFN3O4S2. The van der Waals surface area contributed by atoms with Crippen LogP contribution in [0.2, 0.25) is 5.02 Å². The third-order valence-corrected chi connectivity index (χ3v) is 4.85. The van der Waals surface area contributed by atoms with Gasteiger partial charge >= 0.3 is 5.97 Å². The number of aromatic nitrogens is 2. The van der Waals surface area contributed by atoms with Crippen LogP contribution in [0.5, 0.6) is 0 Å². The standard InChI is InChI=1S/C10H7ClFN3O4S2/c1-4-13-10(20-14-4)15-21(18,19)5-2-6(9(16)17)8(11)7(12)3-5/h2-3H,1H3,(H,16,17)(H,13,14,15). The molecule has 0 atom stereocenters. The first-order chi connectivity index (χ1) is 9.70. The third-order valence-electron chi connectivity index (χ3n) is 2.29. The fourth-order valence-electron chi connectivity index (χ4n) is 1.39. The Morgan fingerprint density at radius 2 is 2.14 bits per heavy atom. The smallest absolute Gasteiger partial charge is 0.337 e. The number of carboxylic acid groups (broad SMARTS) is 1. The number of hydrogen-bond donors (Lipinski definition) is 2. The molecule has 11 heteroatoms. The Morgan fingerprint density at radius 1 is 1.48 bits per heavy atom. The number of anilines is 1. The van der Waals surface area contributed by atoms with Crippen LogP contribution in [0.25, 0.3) is 0 Å². The largest absolute Gasteiger partial charge is 0.478 e. The second-order valence-corrected chi connectivity index (χ2v) is 6.64. The quantitative estimate of drug-likeness (QED) is 0.873. The summed E-state index contributed by atoms with van der Waals surface area (Å²) in [7, 11) is -4.20. The number of aromatic carboxylic acids is 1. The van der Waals surface area contributed by atoms with Crippen LogP contribution in [0.1, 0.15) is 16.2 Å². The molecule has 2 aromatic rings. The summed E-state index contributed by atoms with van der Waals surface area (Å²) in [6, 6.07) is 1.40. The Labute approximate surface area is 127 Å². The number of sulfonamides is 1. The van der Waals surface area contributed by atoms with Crippen LogP contribution in [-0.2, 0) is 10.0 Å². The predicted molar refractivity (Wildman–Crippen MR) is 73.8 cm³/mol. The molecule has 1 aromatic heterocycles. The molecule has 2 N–H and O–H groups in total. The molecule has 21 heavy (non-hydrogen) atoms. The summed E-state index contributed by atoms with van der Waals surface area (Å²) in [6.45, 7) is 1.57. The molecule has 0 fully saturated rings. The lowest BCUT2D eigenvalue weighted by atomic mass is 10.2. The van der Waals surface area contributed by atoms with E-state index in [4.69, 9.17) is 16.7 Å². The number of carbonyl (C=O) groups is 1. The fraction of sp³-hybridized carbons (Fsp3) is 0.100. The van der Waals surface area contributed by atoms with Crippen molar-refractivity contribution in [2.45, 2.75) is 11.8 Å². The second-order valence-electron chi connectivity index (χ2n) is 3.82. The van der Waals surface area contributed by atoms with Gasteiger partial charge in [-0.05, 0) is 19.1 Å². The van der Waals surface area contributed by atoms with Gasteiger partial charge in [-0.3, -0.25) is 4.72 Å². The molecule has 0 aliphatic rings. The van der Waals surface area contributed by atoms with E-state index in [2.05, 4.69) is 14.1 Å². The summed E-state index contributed by atoms with van der Waals surface area (Å²) in [5.41, 5.74) is -0.648. The SMILES string of the molecule is Cc1nsc(NS(=O)(=O)c2cc(F)c(Cl)c(C(=O)O)c2)n1. The van der Waals surface area contributed by atoms with Crippen molar-refractivity contribution in [2.24, 2.45) is 0 Å². The van der Waals surface area contributed by atoms with E-state index in [0.29, 0.717) is 11.9 Å². The Kier molecular flexibility index (Phi) is 4.12. The molecule has 1 aromatic carbocycles. The van der Waals surface area contributed by atoms with Gasteiger partial charge in [0.2, 0.25) is 5.13 Å². The van der Waals surface area contributed by atoms with Crippen LogP contribution in [-0.4, -0.2) is 28.9 Å². The van der Waals surface area contributed by atoms with E-state index >= 15 is 0 Å². The van der Waals surface area contributed by atoms with E-state index in [1.54, 1.807) is 6.92 Å². The van der Waals surface area contributed by atoms with E-state index in [9.17, 15) is 17.6 Å². The lowest BCUT2D eigenvalue weighted by Crippen LogP contribution is -2.14. The maximum absolute atomic E-state index is 13.6. The molecule has 0 aliphatic heterocycles. The van der Waals surface area contributed by atoms with Gasteiger partial charge in [0.1, 0.15) is 11.6 Å². The molecule has 0 radical (unpaired) electrons. The highest BCUT2D eigenvalue weighted by Crippen LogP contribution is 2.26. The van der Waals surface area contributed by atoms with E-state index in [1.165, 1.54) is 0 Å². The molecule has 0 spiro atoms. The van der Waals surface area contributed by atoms with Crippen molar-refractivity contribution >= 4 is 44.3 Å². The van der Waals surface area contributed by atoms with Gasteiger partial charge in [0, 0.05) is 11.5 Å². The summed E-state index contributed by atoms with van der Waals surface area (Å²) in [5.74, 6) is -2.32. The van der Waals surface area contributed by atoms with Crippen LogP contribution in [0, 0.1) is 12.7 Å². The van der Waals surface area contributed by atoms with E-state index in [-0.39, 0.29) is 5.13 Å². The van der Waals surface area contributed by atoms with Gasteiger partial charge in [-0.25, -0.2) is 22.6 Å². The minimum absolute atomic E-state index is 0.0141. The van der Waals surface area contributed by atoms with E-state index < -0.39 is 37.3 Å². The average molecular weight is 352 g/mol. The van der Waals surface area contributed by atoms with Crippen molar-refractivity contribution in [3.8, 4) is 0 Å². The molecule has 1 heterocycles. The Hall–Kier alpha value is -1.78. The molecule has 112 valence electrons. The number of rotatable bonds is 4. The zero-order chi connectivity index (χ0) is 15.8. The number of carboxylic acids is 1. The van der Waals surface area contributed by atoms with Crippen molar-refractivity contribution in [2.75, 3.05) is 4.72 Å². The molecule has 0 saturated heterocycles. The second kappa shape index (κ2) is 5.54. The maximum atomic E-state index is 13.6. The third kappa shape index (κ3) is 3.28.